The second-order valence-corrected chi connectivity index (χ2v) is 4.84. The van der Waals surface area contributed by atoms with Crippen molar-refractivity contribution in [1.82, 2.24) is 4.98 Å². The molecule has 0 saturated carbocycles. The number of benzene rings is 2. The van der Waals surface area contributed by atoms with Crippen LogP contribution in [0.4, 0.5) is 5.69 Å². The van der Waals surface area contributed by atoms with Crippen molar-refractivity contribution < 1.29 is 0 Å². The number of para-hydroxylation sites is 1. The molecule has 19 heavy (non-hydrogen) atoms. The molecule has 0 aliphatic rings. The summed E-state index contributed by atoms with van der Waals surface area (Å²) in [7, 11) is 0. The zero-order valence-corrected chi connectivity index (χ0v) is 11.4. The van der Waals surface area contributed by atoms with Crippen molar-refractivity contribution in [2.24, 2.45) is 0 Å². The van der Waals surface area contributed by atoms with Gasteiger partial charge < -0.3 is 4.72 Å². The highest BCUT2D eigenvalue weighted by molar-refractivity contribution is 7.99. The number of anilines is 1. The van der Waals surface area contributed by atoms with Crippen molar-refractivity contribution >= 4 is 28.5 Å². The maximum atomic E-state index is 4.55. The fourth-order valence-electron chi connectivity index (χ4n) is 2.23. The lowest BCUT2D eigenvalue weighted by Gasteiger charge is -2.10. The van der Waals surface area contributed by atoms with E-state index in [2.05, 4.69) is 52.2 Å². The van der Waals surface area contributed by atoms with Crippen LogP contribution in [0.3, 0.4) is 0 Å². The van der Waals surface area contributed by atoms with Gasteiger partial charge in [0, 0.05) is 23.4 Å². The normalized spacial score (nSPS) is 10.6. The van der Waals surface area contributed by atoms with Crippen molar-refractivity contribution in [3.63, 3.8) is 0 Å². The first-order valence-electron chi connectivity index (χ1n) is 6.12. The van der Waals surface area contributed by atoms with Gasteiger partial charge in [0.05, 0.1) is 11.2 Å². The molecule has 0 bridgehead atoms. The molecule has 1 heterocycles. The lowest BCUT2D eigenvalue weighted by molar-refractivity contribution is 1.41. The summed E-state index contributed by atoms with van der Waals surface area (Å²) in [6.45, 7) is 0. The Bertz CT molecular complexity index is 695. The summed E-state index contributed by atoms with van der Waals surface area (Å²) >= 11 is 1.59. The Morgan fingerprint density at radius 1 is 0.947 bits per heavy atom. The van der Waals surface area contributed by atoms with Crippen LogP contribution in [0.25, 0.3) is 22.0 Å². The molecule has 2 nitrogen and oxygen atoms in total. The van der Waals surface area contributed by atoms with E-state index in [4.69, 9.17) is 0 Å². The topological polar surface area (TPSA) is 24.9 Å². The molecule has 0 fully saturated rings. The van der Waals surface area contributed by atoms with E-state index in [9.17, 15) is 0 Å². The second-order valence-electron chi connectivity index (χ2n) is 4.23. The molecule has 0 atom stereocenters. The van der Waals surface area contributed by atoms with Crippen LogP contribution in [0.15, 0.2) is 60.8 Å². The molecular weight excluding hydrogens is 252 g/mol. The number of hydrogen-bond donors (Lipinski definition) is 1. The Labute approximate surface area is 117 Å². The number of nitrogens with zero attached hydrogens (tertiary/aromatic N) is 1. The molecule has 0 aliphatic carbocycles. The van der Waals surface area contributed by atoms with E-state index in [0.29, 0.717) is 0 Å². The van der Waals surface area contributed by atoms with E-state index in [0.717, 1.165) is 16.6 Å². The van der Waals surface area contributed by atoms with E-state index in [-0.39, 0.29) is 0 Å². The number of hydrogen-bond acceptors (Lipinski definition) is 3. The number of fused-ring (bicyclic) bond motifs is 1. The van der Waals surface area contributed by atoms with Crippen LogP contribution in [0.1, 0.15) is 0 Å². The maximum absolute atomic E-state index is 4.55. The third kappa shape index (κ3) is 2.29. The van der Waals surface area contributed by atoms with Crippen LogP contribution in [0, 0.1) is 0 Å². The molecule has 94 valence electrons. The van der Waals surface area contributed by atoms with Gasteiger partial charge in [-0.1, -0.05) is 60.5 Å². The summed E-state index contributed by atoms with van der Waals surface area (Å²) in [4.78, 5) is 4.55. The molecule has 3 aromatic rings. The zero-order valence-electron chi connectivity index (χ0n) is 10.6. The van der Waals surface area contributed by atoms with Gasteiger partial charge in [-0.05, 0) is 11.6 Å². The van der Waals surface area contributed by atoms with Gasteiger partial charge in [0.15, 0.2) is 0 Å². The van der Waals surface area contributed by atoms with Crippen molar-refractivity contribution in [3.05, 3.63) is 60.8 Å². The van der Waals surface area contributed by atoms with Gasteiger partial charge in [0.25, 0.3) is 0 Å². The van der Waals surface area contributed by atoms with Crippen LogP contribution < -0.4 is 4.72 Å². The smallest absolute Gasteiger partial charge is 0.0801 e. The number of rotatable bonds is 3. The molecule has 0 amide bonds. The van der Waals surface area contributed by atoms with Crippen molar-refractivity contribution in [2.75, 3.05) is 11.0 Å². The Morgan fingerprint density at radius 3 is 2.58 bits per heavy atom. The lowest BCUT2D eigenvalue weighted by atomic mass is 10.0. The second kappa shape index (κ2) is 5.33. The monoisotopic (exact) mass is 266 g/mol. The fourth-order valence-corrected chi connectivity index (χ4v) is 2.62. The van der Waals surface area contributed by atoms with E-state index < -0.39 is 0 Å². The molecular formula is C16H14N2S. The SMILES string of the molecule is CSNc1ccnc2c(-c3ccccc3)cccc12. The van der Waals surface area contributed by atoms with Crippen molar-refractivity contribution in [1.29, 1.82) is 0 Å². The molecule has 2 aromatic carbocycles. The third-order valence-electron chi connectivity index (χ3n) is 3.07. The lowest BCUT2D eigenvalue weighted by Crippen LogP contribution is -1.90. The first-order valence-corrected chi connectivity index (χ1v) is 7.35. The molecule has 0 unspecified atom stereocenters. The minimum Gasteiger partial charge on any atom is -0.329 e. The summed E-state index contributed by atoms with van der Waals surface area (Å²) < 4.78 is 3.31. The summed E-state index contributed by atoms with van der Waals surface area (Å²) in [5.41, 5.74) is 4.51. The van der Waals surface area contributed by atoms with Gasteiger partial charge in [-0.15, -0.1) is 0 Å². The standard InChI is InChI=1S/C16H14N2S/c1-19-18-15-10-11-17-16-13(8-5-9-14(15)16)12-6-3-2-4-7-12/h2-11H,1H3,(H,17,18). The highest BCUT2D eigenvalue weighted by Gasteiger charge is 2.07. The Kier molecular flexibility index (Phi) is 3.38. The quantitative estimate of drug-likeness (QED) is 0.702. The minimum atomic E-state index is 1.03. The van der Waals surface area contributed by atoms with Gasteiger partial charge in [-0.2, -0.15) is 0 Å². The number of nitrogens with one attached hydrogen (secondary N) is 1. The zero-order chi connectivity index (χ0) is 13.1. The van der Waals surface area contributed by atoms with E-state index >= 15 is 0 Å². The van der Waals surface area contributed by atoms with Crippen molar-refractivity contribution in [2.45, 2.75) is 0 Å². The van der Waals surface area contributed by atoms with E-state index in [1.807, 2.05) is 24.6 Å². The van der Waals surface area contributed by atoms with Gasteiger partial charge in [-0.3, -0.25) is 4.98 Å². The van der Waals surface area contributed by atoms with Crippen molar-refractivity contribution in [3.8, 4) is 11.1 Å². The summed E-state index contributed by atoms with van der Waals surface area (Å²) in [6, 6.07) is 18.7. The Hall–Kier alpha value is -2.00. The summed E-state index contributed by atoms with van der Waals surface area (Å²) in [5, 5.41) is 1.15. The van der Waals surface area contributed by atoms with Crippen LogP contribution in [0.2, 0.25) is 0 Å². The van der Waals surface area contributed by atoms with Gasteiger partial charge in [-0.25, -0.2) is 0 Å². The van der Waals surface area contributed by atoms with Gasteiger partial charge in [0.1, 0.15) is 0 Å². The molecule has 3 rings (SSSR count). The summed E-state index contributed by atoms with van der Waals surface area (Å²) in [6.07, 6.45) is 3.88. The average Bonchev–Trinajstić information content (AvgIpc) is 2.48. The predicted molar refractivity (Wildman–Crippen MR) is 84.3 cm³/mol. The molecule has 0 saturated heterocycles. The molecule has 0 aliphatic heterocycles. The van der Waals surface area contributed by atoms with E-state index in [1.165, 1.54) is 11.1 Å². The number of aromatic nitrogens is 1. The Balaban J connectivity index is 2.25. The fraction of sp³-hybridized carbons (Fsp3) is 0.0625. The molecule has 3 heteroatoms. The maximum Gasteiger partial charge on any atom is 0.0801 e. The molecule has 1 N–H and O–H groups in total. The van der Waals surface area contributed by atoms with Crippen LogP contribution >= 0.6 is 11.9 Å². The highest BCUT2D eigenvalue weighted by atomic mass is 32.2. The van der Waals surface area contributed by atoms with Gasteiger partial charge >= 0.3 is 0 Å². The van der Waals surface area contributed by atoms with Crippen LogP contribution in [-0.2, 0) is 0 Å². The summed E-state index contributed by atoms with van der Waals surface area (Å²) in [5.74, 6) is 0. The molecule has 1 aromatic heterocycles. The molecule has 0 radical (unpaired) electrons. The largest absolute Gasteiger partial charge is 0.329 e. The average molecular weight is 266 g/mol. The van der Waals surface area contributed by atoms with E-state index in [1.54, 1.807) is 11.9 Å². The first-order chi connectivity index (χ1) is 9.40. The highest BCUT2D eigenvalue weighted by Crippen LogP contribution is 2.31. The van der Waals surface area contributed by atoms with Crippen LogP contribution in [-0.4, -0.2) is 11.2 Å². The molecule has 0 spiro atoms. The van der Waals surface area contributed by atoms with Crippen LogP contribution in [0.5, 0.6) is 0 Å². The minimum absolute atomic E-state index is 1.03. The first kappa shape index (κ1) is 12.1. The Morgan fingerprint density at radius 2 is 1.79 bits per heavy atom. The third-order valence-corrected chi connectivity index (χ3v) is 3.49. The van der Waals surface area contributed by atoms with Gasteiger partial charge in [0.2, 0.25) is 0 Å². The number of pyridine rings is 1. The predicted octanol–water partition coefficient (Wildman–Crippen LogP) is 4.59.